The molecule has 0 saturated heterocycles. The first-order valence-corrected chi connectivity index (χ1v) is 4.51. The van der Waals surface area contributed by atoms with E-state index in [9.17, 15) is 4.79 Å². The summed E-state index contributed by atoms with van der Waals surface area (Å²) in [6.45, 7) is 7.92. The fourth-order valence-electron chi connectivity index (χ4n) is 1.75. The Hall–Kier alpha value is -0.890. The van der Waals surface area contributed by atoms with Crippen molar-refractivity contribution in [3.8, 4) is 0 Å². The second-order valence-corrected chi connectivity index (χ2v) is 4.24. The number of carbonyl (C=O) groups is 1. The van der Waals surface area contributed by atoms with Gasteiger partial charge in [-0.2, -0.15) is 0 Å². The maximum absolute atomic E-state index is 11.5. The third-order valence-corrected chi connectivity index (χ3v) is 2.23. The normalized spacial score (nSPS) is 21.6. The van der Waals surface area contributed by atoms with Gasteiger partial charge in [-0.3, -0.25) is 4.79 Å². The van der Waals surface area contributed by atoms with Crippen molar-refractivity contribution in [2.75, 3.05) is 6.61 Å². The van der Waals surface area contributed by atoms with Crippen LogP contribution in [0.15, 0.2) is 23.8 Å². The molecular formula is C11H16O2. The molecule has 0 saturated carbocycles. The Morgan fingerprint density at radius 2 is 2.23 bits per heavy atom. The zero-order chi connectivity index (χ0) is 10.1. The maximum atomic E-state index is 11.5. The quantitative estimate of drug-likeness (QED) is 0.658. The fourth-order valence-corrected chi connectivity index (χ4v) is 1.75. The molecule has 0 aromatic rings. The van der Waals surface area contributed by atoms with E-state index in [-0.39, 0.29) is 17.8 Å². The van der Waals surface area contributed by atoms with Crippen LogP contribution in [0, 0.1) is 5.41 Å². The third kappa shape index (κ3) is 2.28. The topological polar surface area (TPSA) is 37.3 Å². The van der Waals surface area contributed by atoms with E-state index < -0.39 is 0 Å². The van der Waals surface area contributed by atoms with Gasteiger partial charge in [-0.25, -0.2) is 0 Å². The van der Waals surface area contributed by atoms with Crippen LogP contribution >= 0.6 is 0 Å². The monoisotopic (exact) mass is 180 g/mol. The number of Topliss-reactive ketones (excluding diaryl/α,β-unsaturated/α-hetero) is 1. The summed E-state index contributed by atoms with van der Waals surface area (Å²) in [7, 11) is 0. The van der Waals surface area contributed by atoms with E-state index in [1.807, 2.05) is 6.08 Å². The van der Waals surface area contributed by atoms with Crippen molar-refractivity contribution in [3.63, 3.8) is 0 Å². The molecule has 13 heavy (non-hydrogen) atoms. The van der Waals surface area contributed by atoms with Gasteiger partial charge in [0.15, 0.2) is 5.78 Å². The van der Waals surface area contributed by atoms with Crippen LogP contribution in [0.3, 0.4) is 0 Å². The number of rotatable bonds is 2. The molecule has 0 heterocycles. The number of hydrogen-bond acceptors (Lipinski definition) is 2. The predicted molar refractivity (Wildman–Crippen MR) is 52.3 cm³/mol. The van der Waals surface area contributed by atoms with Gasteiger partial charge >= 0.3 is 0 Å². The van der Waals surface area contributed by atoms with Crippen molar-refractivity contribution in [2.45, 2.75) is 26.7 Å². The lowest BCUT2D eigenvalue weighted by Crippen LogP contribution is -2.22. The van der Waals surface area contributed by atoms with Crippen LogP contribution in [0.1, 0.15) is 26.7 Å². The van der Waals surface area contributed by atoms with Gasteiger partial charge in [0, 0.05) is 6.61 Å². The summed E-state index contributed by atoms with van der Waals surface area (Å²) >= 11 is 0. The molecule has 1 aliphatic carbocycles. The first kappa shape index (κ1) is 10.2. The van der Waals surface area contributed by atoms with Crippen LogP contribution in [0.25, 0.3) is 0 Å². The summed E-state index contributed by atoms with van der Waals surface area (Å²) in [6, 6.07) is 0. The van der Waals surface area contributed by atoms with Crippen molar-refractivity contribution in [1.82, 2.24) is 0 Å². The third-order valence-electron chi connectivity index (χ3n) is 2.23. The molecule has 0 aromatic carbocycles. The number of aliphatic hydroxyl groups excluding tert-OH is 1. The number of carbonyl (C=O) groups excluding carboxylic acids is 1. The number of ketones is 1. The van der Waals surface area contributed by atoms with E-state index in [2.05, 4.69) is 20.4 Å². The lowest BCUT2D eigenvalue weighted by Gasteiger charge is -2.27. The molecule has 0 atom stereocenters. The average molecular weight is 180 g/mol. The Kier molecular flexibility index (Phi) is 2.71. The molecule has 0 aliphatic heterocycles. The van der Waals surface area contributed by atoms with Gasteiger partial charge in [0.25, 0.3) is 0 Å². The van der Waals surface area contributed by atoms with Crippen LogP contribution in [0.5, 0.6) is 0 Å². The lowest BCUT2D eigenvalue weighted by molar-refractivity contribution is -0.113. The molecule has 0 aromatic heterocycles. The SMILES string of the molecule is C=C1CC(C)(C)C=C(CCO)C1=O. The van der Waals surface area contributed by atoms with Crippen LogP contribution < -0.4 is 0 Å². The summed E-state index contributed by atoms with van der Waals surface area (Å²) in [5.41, 5.74) is 1.38. The highest BCUT2D eigenvalue weighted by Crippen LogP contribution is 2.34. The highest BCUT2D eigenvalue weighted by atomic mass is 16.3. The summed E-state index contributed by atoms with van der Waals surface area (Å²) in [6.07, 6.45) is 3.13. The summed E-state index contributed by atoms with van der Waals surface area (Å²) in [4.78, 5) is 11.5. The van der Waals surface area contributed by atoms with Crippen molar-refractivity contribution < 1.29 is 9.90 Å². The molecule has 72 valence electrons. The Balaban J connectivity index is 2.95. The number of allylic oxidation sites excluding steroid dienone is 2. The average Bonchev–Trinajstić information content (AvgIpc) is 1.99. The minimum Gasteiger partial charge on any atom is -0.396 e. The van der Waals surface area contributed by atoms with Crippen molar-refractivity contribution in [3.05, 3.63) is 23.8 Å². The van der Waals surface area contributed by atoms with Crippen LogP contribution in [0.2, 0.25) is 0 Å². The Bertz CT molecular complexity index is 272. The van der Waals surface area contributed by atoms with Crippen molar-refractivity contribution in [1.29, 1.82) is 0 Å². The Morgan fingerprint density at radius 3 is 2.77 bits per heavy atom. The molecule has 0 radical (unpaired) electrons. The minimum atomic E-state index is 0.00942. The van der Waals surface area contributed by atoms with Gasteiger partial charge in [0.05, 0.1) is 0 Å². The first-order valence-electron chi connectivity index (χ1n) is 4.51. The van der Waals surface area contributed by atoms with Gasteiger partial charge in [-0.05, 0) is 29.4 Å². The first-order chi connectivity index (χ1) is 5.96. The van der Waals surface area contributed by atoms with E-state index in [1.54, 1.807) is 0 Å². The Labute approximate surface area is 79.0 Å². The van der Waals surface area contributed by atoms with Crippen LogP contribution in [-0.4, -0.2) is 17.5 Å². The second-order valence-electron chi connectivity index (χ2n) is 4.24. The van der Waals surface area contributed by atoms with E-state index in [0.717, 1.165) is 6.42 Å². The highest BCUT2D eigenvalue weighted by molar-refractivity contribution is 6.08. The molecule has 1 N–H and O–H groups in total. The minimum absolute atomic E-state index is 0.00942. The standard InChI is InChI=1S/C11H16O2/c1-8-6-11(2,3)7-9(4-5-12)10(8)13/h7,12H,1,4-6H2,2-3H3. The predicted octanol–water partition coefficient (Wildman–Crippen LogP) is 1.85. The molecular weight excluding hydrogens is 164 g/mol. The van der Waals surface area contributed by atoms with Gasteiger partial charge < -0.3 is 5.11 Å². The fraction of sp³-hybridized carbons (Fsp3) is 0.545. The lowest BCUT2D eigenvalue weighted by atomic mass is 9.76. The molecule has 0 fully saturated rings. The summed E-state index contributed by atoms with van der Waals surface area (Å²) in [5.74, 6) is 0.0216. The summed E-state index contributed by atoms with van der Waals surface area (Å²) in [5, 5.41) is 8.77. The molecule has 1 aliphatic rings. The van der Waals surface area contributed by atoms with E-state index >= 15 is 0 Å². The van der Waals surface area contributed by atoms with Crippen LogP contribution in [-0.2, 0) is 4.79 Å². The summed E-state index contributed by atoms with van der Waals surface area (Å²) < 4.78 is 0. The number of aliphatic hydroxyl groups is 1. The Morgan fingerprint density at radius 1 is 1.62 bits per heavy atom. The largest absolute Gasteiger partial charge is 0.396 e. The molecule has 0 amide bonds. The highest BCUT2D eigenvalue weighted by Gasteiger charge is 2.28. The molecule has 0 unspecified atom stereocenters. The molecule has 2 heteroatoms. The van der Waals surface area contributed by atoms with E-state index in [1.165, 1.54) is 0 Å². The van der Waals surface area contributed by atoms with Crippen molar-refractivity contribution in [2.24, 2.45) is 5.41 Å². The molecule has 0 spiro atoms. The van der Waals surface area contributed by atoms with Gasteiger partial charge in [0.1, 0.15) is 0 Å². The van der Waals surface area contributed by atoms with Gasteiger partial charge in [0.2, 0.25) is 0 Å². The molecule has 0 bridgehead atoms. The van der Waals surface area contributed by atoms with E-state index in [0.29, 0.717) is 17.6 Å². The molecule has 1 rings (SSSR count). The number of hydrogen-bond donors (Lipinski definition) is 1. The van der Waals surface area contributed by atoms with Crippen molar-refractivity contribution >= 4 is 5.78 Å². The second kappa shape index (κ2) is 3.46. The zero-order valence-electron chi connectivity index (χ0n) is 8.26. The van der Waals surface area contributed by atoms with E-state index in [4.69, 9.17) is 5.11 Å². The molecule has 2 nitrogen and oxygen atoms in total. The smallest absolute Gasteiger partial charge is 0.184 e. The zero-order valence-corrected chi connectivity index (χ0v) is 8.26. The van der Waals surface area contributed by atoms with Gasteiger partial charge in [-0.15, -0.1) is 0 Å². The van der Waals surface area contributed by atoms with Gasteiger partial charge in [-0.1, -0.05) is 26.5 Å². The van der Waals surface area contributed by atoms with Crippen LogP contribution in [0.4, 0.5) is 0 Å². The maximum Gasteiger partial charge on any atom is 0.184 e.